The highest BCUT2D eigenvalue weighted by atomic mass is 35.5. The van der Waals surface area contributed by atoms with Gasteiger partial charge >= 0.3 is 5.97 Å². The van der Waals surface area contributed by atoms with Gasteiger partial charge in [-0.05, 0) is 36.2 Å². The van der Waals surface area contributed by atoms with Gasteiger partial charge in [0.2, 0.25) is 0 Å². The lowest BCUT2D eigenvalue weighted by Crippen LogP contribution is -2.10. The molecule has 1 N–H and O–H groups in total. The summed E-state index contributed by atoms with van der Waals surface area (Å²) < 4.78 is 21.9. The molecule has 0 radical (unpaired) electrons. The number of rotatable bonds is 10. The van der Waals surface area contributed by atoms with Crippen molar-refractivity contribution in [1.29, 1.82) is 0 Å². The zero-order valence-electron chi connectivity index (χ0n) is 14.7. The van der Waals surface area contributed by atoms with E-state index in [0.29, 0.717) is 41.0 Å². The summed E-state index contributed by atoms with van der Waals surface area (Å²) in [5.74, 6) is 1.26. The van der Waals surface area contributed by atoms with E-state index >= 15 is 0 Å². The maximum atomic E-state index is 10.7. The predicted octanol–water partition coefficient (Wildman–Crippen LogP) is 3.83. The van der Waals surface area contributed by atoms with Gasteiger partial charge in [0.05, 0.1) is 19.2 Å². The van der Waals surface area contributed by atoms with Crippen molar-refractivity contribution in [3.63, 3.8) is 0 Å². The van der Waals surface area contributed by atoms with Gasteiger partial charge in [0.15, 0.2) is 23.0 Å². The van der Waals surface area contributed by atoms with Gasteiger partial charge in [-0.2, -0.15) is 0 Å². The molecule has 2 rings (SSSR count). The van der Waals surface area contributed by atoms with Gasteiger partial charge in [-0.15, -0.1) is 0 Å². The summed E-state index contributed by atoms with van der Waals surface area (Å²) in [7, 11) is 3.08. The molecule has 2 aromatic carbocycles. The number of methoxy groups -OCH3 is 2. The van der Waals surface area contributed by atoms with Crippen LogP contribution in [0, 0.1) is 0 Å². The Labute approximate surface area is 157 Å². The van der Waals surface area contributed by atoms with Crippen molar-refractivity contribution in [1.82, 2.24) is 0 Å². The third-order valence-corrected chi connectivity index (χ3v) is 3.85. The molecule has 26 heavy (non-hydrogen) atoms. The molecule has 0 atom stereocenters. The number of para-hydroxylation sites is 2. The number of benzene rings is 2. The lowest BCUT2D eigenvalue weighted by molar-refractivity contribution is -0.136. The molecule has 0 aliphatic rings. The predicted molar refractivity (Wildman–Crippen MR) is 97.9 cm³/mol. The monoisotopic (exact) mass is 380 g/mol. The number of hydrogen-bond acceptors (Lipinski definition) is 5. The van der Waals surface area contributed by atoms with Gasteiger partial charge < -0.3 is 24.1 Å². The third kappa shape index (κ3) is 5.46. The second-order valence-corrected chi connectivity index (χ2v) is 5.76. The molecule has 0 bridgehead atoms. The van der Waals surface area contributed by atoms with E-state index in [4.69, 9.17) is 35.7 Å². The third-order valence-electron chi connectivity index (χ3n) is 3.57. The van der Waals surface area contributed by atoms with Crippen molar-refractivity contribution in [2.75, 3.05) is 27.4 Å². The summed E-state index contributed by atoms with van der Waals surface area (Å²) in [6.07, 6.45) is 0.384. The van der Waals surface area contributed by atoms with Crippen LogP contribution in [0.5, 0.6) is 23.0 Å². The van der Waals surface area contributed by atoms with Crippen LogP contribution in [0.2, 0.25) is 5.02 Å². The Kier molecular flexibility index (Phi) is 7.41. The minimum atomic E-state index is -0.867. The van der Waals surface area contributed by atoms with Crippen molar-refractivity contribution < 1.29 is 28.8 Å². The van der Waals surface area contributed by atoms with E-state index in [9.17, 15) is 4.79 Å². The first kappa shape index (κ1) is 19.7. The van der Waals surface area contributed by atoms with Crippen molar-refractivity contribution in [2.45, 2.75) is 12.8 Å². The largest absolute Gasteiger partial charge is 0.493 e. The van der Waals surface area contributed by atoms with Crippen LogP contribution in [0.3, 0.4) is 0 Å². The first-order valence-corrected chi connectivity index (χ1v) is 8.39. The first-order chi connectivity index (χ1) is 12.5. The average Bonchev–Trinajstić information content (AvgIpc) is 2.64. The molecule has 0 saturated heterocycles. The standard InChI is InChI=1S/C19H21ClO6/c1-23-15-5-3-4-6-16(15)25-9-10-26-19-14(20)11-13(7-8-18(21)22)12-17(19)24-2/h3-6,11-12H,7-10H2,1-2H3,(H,21,22). The number of halogens is 1. The minimum Gasteiger partial charge on any atom is -0.493 e. The molecule has 0 aromatic heterocycles. The maximum Gasteiger partial charge on any atom is 0.303 e. The highest BCUT2D eigenvalue weighted by molar-refractivity contribution is 6.32. The van der Waals surface area contributed by atoms with Gasteiger partial charge in [0.1, 0.15) is 13.2 Å². The fourth-order valence-electron chi connectivity index (χ4n) is 2.34. The van der Waals surface area contributed by atoms with Crippen LogP contribution in [0.1, 0.15) is 12.0 Å². The highest BCUT2D eigenvalue weighted by Gasteiger charge is 2.13. The Bertz CT molecular complexity index is 747. The molecule has 0 amide bonds. The SMILES string of the molecule is COc1ccccc1OCCOc1c(Cl)cc(CCC(=O)O)cc1OC. The zero-order chi connectivity index (χ0) is 18.9. The lowest BCUT2D eigenvalue weighted by Gasteiger charge is -2.15. The second kappa shape index (κ2) is 9.77. The molecule has 0 aliphatic carbocycles. The number of hydrogen-bond donors (Lipinski definition) is 1. The lowest BCUT2D eigenvalue weighted by atomic mass is 10.1. The summed E-state index contributed by atoms with van der Waals surface area (Å²) in [5.41, 5.74) is 0.770. The maximum absolute atomic E-state index is 10.7. The van der Waals surface area contributed by atoms with Gasteiger partial charge in [0.25, 0.3) is 0 Å². The zero-order valence-corrected chi connectivity index (χ0v) is 15.4. The van der Waals surface area contributed by atoms with Crippen LogP contribution >= 0.6 is 11.6 Å². The quantitative estimate of drug-likeness (QED) is 0.631. The van der Waals surface area contributed by atoms with E-state index in [-0.39, 0.29) is 13.0 Å². The molecule has 0 heterocycles. The molecule has 0 aliphatic heterocycles. The molecule has 0 fully saturated rings. The fraction of sp³-hybridized carbons (Fsp3) is 0.316. The molecule has 0 saturated carbocycles. The first-order valence-electron chi connectivity index (χ1n) is 8.02. The van der Waals surface area contributed by atoms with Crippen molar-refractivity contribution in [2.24, 2.45) is 0 Å². The Balaban J connectivity index is 1.97. The summed E-state index contributed by atoms with van der Waals surface area (Å²) in [6, 6.07) is 10.7. The van der Waals surface area contributed by atoms with Crippen LogP contribution < -0.4 is 18.9 Å². The summed E-state index contributed by atoms with van der Waals surface area (Å²) >= 11 is 6.26. The van der Waals surface area contributed by atoms with Crippen molar-refractivity contribution in [3.05, 3.63) is 47.0 Å². The molecule has 6 nitrogen and oxygen atoms in total. The van der Waals surface area contributed by atoms with Gasteiger partial charge in [-0.3, -0.25) is 4.79 Å². The molecule has 0 spiro atoms. The van der Waals surface area contributed by atoms with E-state index in [2.05, 4.69) is 0 Å². The summed E-state index contributed by atoms with van der Waals surface area (Å²) in [6.45, 7) is 0.545. The molecule has 7 heteroatoms. The van der Waals surface area contributed by atoms with E-state index < -0.39 is 5.97 Å². The van der Waals surface area contributed by atoms with Crippen LogP contribution in [-0.2, 0) is 11.2 Å². The highest BCUT2D eigenvalue weighted by Crippen LogP contribution is 2.36. The van der Waals surface area contributed by atoms with Crippen LogP contribution in [-0.4, -0.2) is 38.5 Å². The molecular formula is C19H21ClO6. The normalized spacial score (nSPS) is 10.3. The Morgan fingerprint density at radius 2 is 1.65 bits per heavy atom. The Morgan fingerprint density at radius 3 is 2.31 bits per heavy atom. The number of carbonyl (C=O) groups is 1. The smallest absolute Gasteiger partial charge is 0.303 e. The van der Waals surface area contributed by atoms with Crippen LogP contribution in [0.15, 0.2) is 36.4 Å². The Morgan fingerprint density at radius 1 is 1.00 bits per heavy atom. The Hall–Kier alpha value is -2.60. The van der Waals surface area contributed by atoms with Crippen molar-refractivity contribution in [3.8, 4) is 23.0 Å². The van der Waals surface area contributed by atoms with E-state index in [1.807, 2.05) is 24.3 Å². The fourth-order valence-corrected chi connectivity index (χ4v) is 2.63. The molecule has 140 valence electrons. The van der Waals surface area contributed by atoms with Gasteiger partial charge in [-0.25, -0.2) is 0 Å². The van der Waals surface area contributed by atoms with E-state index in [0.717, 1.165) is 5.56 Å². The van der Waals surface area contributed by atoms with E-state index in [1.54, 1.807) is 19.2 Å². The van der Waals surface area contributed by atoms with Gasteiger partial charge in [-0.1, -0.05) is 23.7 Å². The van der Waals surface area contributed by atoms with Crippen molar-refractivity contribution >= 4 is 17.6 Å². The number of aliphatic carboxylic acids is 1. The average molecular weight is 381 g/mol. The molecule has 2 aromatic rings. The number of aryl methyl sites for hydroxylation is 1. The van der Waals surface area contributed by atoms with Crippen LogP contribution in [0.4, 0.5) is 0 Å². The topological polar surface area (TPSA) is 74.2 Å². The minimum absolute atomic E-state index is 0.0203. The second-order valence-electron chi connectivity index (χ2n) is 5.35. The van der Waals surface area contributed by atoms with Crippen LogP contribution in [0.25, 0.3) is 0 Å². The van der Waals surface area contributed by atoms with E-state index in [1.165, 1.54) is 7.11 Å². The molecular weight excluding hydrogens is 360 g/mol. The summed E-state index contributed by atoms with van der Waals surface area (Å²) in [4.78, 5) is 10.7. The summed E-state index contributed by atoms with van der Waals surface area (Å²) in [5, 5.41) is 9.15. The van der Waals surface area contributed by atoms with Gasteiger partial charge in [0, 0.05) is 6.42 Å². The number of carboxylic acid groups (broad SMARTS) is 1. The number of carboxylic acids is 1. The number of ether oxygens (including phenoxy) is 4. The molecule has 0 unspecified atom stereocenters.